The van der Waals surface area contributed by atoms with Gasteiger partial charge in [0.2, 0.25) is 11.8 Å². The highest BCUT2D eigenvalue weighted by molar-refractivity contribution is 6.09. The molecule has 1 aliphatic carbocycles. The van der Waals surface area contributed by atoms with Crippen LogP contribution in [-0.4, -0.2) is 38.5 Å². The summed E-state index contributed by atoms with van der Waals surface area (Å²) in [5, 5.41) is 10.1. The Morgan fingerprint density at radius 1 is 1.28 bits per heavy atom. The molecule has 0 atom stereocenters. The molecule has 2 aliphatic rings. The zero-order valence-corrected chi connectivity index (χ0v) is 17.0. The number of carbonyl (C=O) groups excluding carboxylic acids is 2. The van der Waals surface area contributed by atoms with Crippen LogP contribution in [-0.2, 0) is 15.0 Å². The minimum atomic E-state index is -0.573. The first-order valence-electron chi connectivity index (χ1n) is 9.96. The molecule has 3 heterocycles. The van der Waals surface area contributed by atoms with Crippen LogP contribution in [0.2, 0.25) is 0 Å². The molecule has 29 heavy (non-hydrogen) atoms. The summed E-state index contributed by atoms with van der Waals surface area (Å²) >= 11 is 0. The predicted molar refractivity (Wildman–Crippen MR) is 111 cm³/mol. The second kappa shape index (κ2) is 5.68. The van der Waals surface area contributed by atoms with Gasteiger partial charge in [0.15, 0.2) is 11.5 Å². The second-order valence-corrected chi connectivity index (χ2v) is 8.81. The third-order valence-electron chi connectivity index (χ3n) is 6.32. The summed E-state index contributed by atoms with van der Waals surface area (Å²) in [4.78, 5) is 35.0. The van der Waals surface area contributed by atoms with Gasteiger partial charge in [-0.2, -0.15) is 5.10 Å². The lowest BCUT2D eigenvalue weighted by molar-refractivity contribution is -0.122. The molecule has 2 amide bonds. The number of benzene rings is 1. The summed E-state index contributed by atoms with van der Waals surface area (Å²) in [7, 11) is 0. The van der Waals surface area contributed by atoms with Gasteiger partial charge in [-0.15, -0.1) is 0 Å². The summed E-state index contributed by atoms with van der Waals surface area (Å²) in [5.74, 6) is 0.691. The van der Waals surface area contributed by atoms with E-state index in [4.69, 9.17) is 4.98 Å². The number of anilines is 2. The van der Waals surface area contributed by atoms with E-state index in [0.717, 1.165) is 35.1 Å². The van der Waals surface area contributed by atoms with Crippen LogP contribution < -0.4 is 10.2 Å². The lowest BCUT2D eigenvalue weighted by Crippen LogP contribution is -2.35. The van der Waals surface area contributed by atoms with E-state index in [1.165, 1.54) is 0 Å². The molecule has 1 fully saturated rings. The number of hydrogen-bond acceptors (Lipinski definition) is 4. The maximum absolute atomic E-state index is 12.7. The van der Waals surface area contributed by atoms with Crippen molar-refractivity contribution < 1.29 is 9.59 Å². The number of likely N-dealkylation sites (N-methyl/N-ethyl adjacent to an activating group) is 1. The molecule has 0 radical (unpaired) electrons. The summed E-state index contributed by atoms with van der Waals surface area (Å²) in [6.45, 7) is 8.46. The predicted octanol–water partition coefficient (Wildman–Crippen LogP) is 3.34. The van der Waals surface area contributed by atoms with Crippen molar-refractivity contribution in [3.05, 3.63) is 23.9 Å². The van der Waals surface area contributed by atoms with Crippen LogP contribution in [0.15, 0.2) is 18.3 Å². The number of H-pyrrole nitrogens is 2. The highest BCUT2D eigenvalue weighted by Crippen LogP contribution is 2.46. The third kappa shape index (κ3) is 2.51. The van der Waals surface area contributed by atoms with Gasteiger partial charge in [-0.25, -0.2) is 4.98 Å². The monoisotopic (exact) mass is 392 g/mol. The van der Waals surface area contributed by atoms with Crippen molar-refractivity contribution in [1.82, 2.24) is 20.2 Å². The van der Waals surface area contributed by atoms with Crippen LogP contribution >= 0.6 is 0 Å². The number of rotatable bonds is 4. The number of imidazole rings is 1. The van der Waals surface area contributed by atoms with Crippen LogP contribution in [0.4, 0.5) is 11.4 Å². The molecule has 8 heteroatoms. The smallest absolute Gasteiger partial charge is 0.237 e. The molecule has 0 saturated heterocycles. The zero-order valence-electron chi connectivity index (χ0n) is 17.0. The van der Waals surface area contributed by atoms with Crippen LogP contribution in [0.25, 0.3) is 22.6 Å². The normalized spacial score (nSPS) is 18.9. The first kappa shape index (κ1) is 17.9. The molecule has 150 valence electrons. The highest BCUT2D eigenvalue weighted by Gasteiger charge is 2.45. The molecule has 0 unspecified atom stereocenters. The van der Waals surface area contributed by atoms with Crippen molar-refractivity contribution in [2.24, 2.45) is 5.41 Å². The first-order valence-corrected chi connectivity index (χ1v) is 9.96. The summed E-state index contributed by atoms with van der Waals surface area (Å²) < 4.78 is 0. The van der Waals surface area contributed by atoms with Gasteiger partial charge in [-0.05, 0) is 51.3 Å². The number of nitrogens with one attached hydrogen (secondary N) is 3. The van der Waals surface area contributed by atoms with E-state index in [-0.39, 0.29) is 17.2 Å². The van der Waals surface area contributed by atoms with Gasteiger partial charge in [0.25, 0.3) is 0 Å². The van der Waals surface area contributed by atoms with E-state index < -0.39 is 5.41 Å². The van der Waals surface area contributed by atoms with E-state index in [9.17, 15) is 9.59 Å². The lowest BCUT2D eigenvalue weighted by atomic mass is 9.86. The van der Waals surface area contributed by atoms with Crippen molar-refractivity contribution in [3.63, 3.8) is 0 Å². The second-order valence-electron chi connectivity index (χ2n) is 8.81. The maximum Gasteiger partial charge on any atom is 0.237 e. The Morgan fingerprint density at radius 2 is 2.03 bits per heavy atom. The first-order chi connectivity index (χ1) is 13.7. The van der Waals surface area contributed by atoms with E-state index in [0.29, 0.717) is 23.8 Å². The number of nitrogens with zero attached hydrogens (tertiary/aromatic N) is 3. The van der Waals surface area contributed by atoms with Crippen LogP contribution in [0, 0.1) is 5.41 Å². The molecular formula is C21H24N6O2. The summed E-state index contributed by atoms with van der Waals surface area (Å²) in [5.41, 5.74) is 3.83. The molecule has 1 saturated carbocycles. The molecule has 2 aromatic heterocycles. The topological polar surface area (TPSA) is 107 Å². The number of hydrogen-bond donors (Lipinski definition) is 3. The van der Waals surface area contributed by atoms with Gasteiger partial charge in [0.05, 0.1) is 27.8 Å². The van der Waals surface area contributed by atoms with Crippen molar-refractivity contribution >= 4 is 34.2 Å². The van der Waals surface area contributed by atoms with Crippen LogP contribution in [0.5, 0.6) is 0 Å². The Morgan fingerprint density at radius 3 is 2.72 bits per heavy atom. The molecule has 3 aromatic rings. The van der Waals surface area contributed by atoms with Crippen molar-refractivity contribution in [3.8, 4) is 11.5 Å². The zero-order chi connectivity index (χ0) is 20.6. The van der Waals surface area contributed by atoms with Gasteiger partial charge in [0, 0.05) is 18.2 Å². The standard InChI is InChI=1S/C21H24N6O2/c1-5-27-15-9-13-12(8-11(15)20(2,3)19(27)29)23-17(24-13)16-14(10-22-26-16)25-18(28)21(4)6-7-21/h8-10H,5-7H2,1-4H3,(H,22,26)(H,23,24)(H,25,28). The fourth-order valence-corrected chi connectivity index (χ4v) is 4.01. The fourth-order valence-electron chi connectivity index (χ4n) is 4.01. The Balaban J connectivity index is 1.55. The Labute approximate surface area is 168 Å². The van der Waals surface area contributed by atoms with Gasteiger partial charge in [-0.1, -0.05) is 6.92 Å². The van der Waals surface area contributed by atoms with Gasteiger partial charge in [-0.3, -0.25) is 14.7 Å². The van der Waals surface area contributed by atoms with Crippen LogP contribution in [0.1, 0.15) is 46.1 Å². The molecule has 0 bridgehead atoms. The van der Waals surface area contributed by atoms with Crippen molar-refractivity contribution in [2.45, 2.75) is 46.0 Å². The Hall–Kier alpha value is -3.16. The average molecular weight is 392 g/mol. The molecule has 5 rings (SSSR count). The third-order valence-corrected chi connectivity index (χ3v) is 6.32. The number of fused-ring (bicyclic) bond motifs is 2. The quantitative estimate of drug-likeness (QED) is 0.633. The molecular weight excluding hydrogens is 368 g/mol. The molecule has 0 spiro atoms. The highest BCUT2D eigenvalue weighted by atomic mass is 16.2. The van der Waals surface area contributed by atoms with E-state index in [1.54, 1.807) is 11.1 Å². The average Bonchev–Trinajstić information content (AvgIpc) is 3.03. The van der Waals surface area contributed by atoms with E-state index in [1.807, 2.05) is 39.8 Å². The minimum absolute atomic E-state index is 0.00841. The van der Waals surface area contributed by atoms with E-state index >= 15 is 0 Å². The number of aromatic amines is 2. The molecule has 1 aromatic carbocycles. The van der Waals surface area contributed by atoms with Gasteiger partial charge >= 0.3 is 0 Å². The number of aromatic nitrogens is 4. The van der Waals surface area contributed by atoms with Crippen molar-refractivity contribution in [1.29, 1.82) is 0 Å². The number of carbonyl (C=O) groups is 2. The molecule has 3 N–H and O–H groups in total. The molecule has 8 nitrogen and oxygen atoms in total. The SMILES string of the molecule is CCN1C(=O)C(C)(C)c2cc3[nH]c(-c4n[nH]cc4NC(=O)C4(C)CC4)nc3cc21. The molecule has 1 aliphatic heterocycles. The van der Waals surface area contributed by atoms with Crippen LogP contribution in [0.3, 0.4) is 0 Å². The van der Waals surface area contributed by atoms with Gasteiger partial charge < -0.3 is 15.2 Å². The maximum atomic E-state index is 12.7. The van der Waals surface area contributed by atoms with Gasteiger partial charge in [0.1, 0.15) is 0 Å². The lowest BCUT2D eigenvalue weighted by Gasteiger charge is -2.18. The van der Waals surface area contributed by atoms with E-state index in [2.05, 4.69) is 20.5 Å². The minimum Gasteiger partial charge on any atom is -0.337 e. The number of amides is 2. The Bertz CT molecular complexity index is 1170. The largest absolute Gasteiger partial charge is 0.337 e. The summed E-state index contributed by atoms with van der Waals surface area (Å²) in [6.07, 6.45) is 3.49. The summed E-state index contributed by atoms with van der Waals surface area (Å²) in [6, 6.07) is 3.96. The Kier molecular flexibility index (Phi) is 3.51. The fraction of sp³-hybridized carbons (Fsp3) is 0.429. The van der Waals surface area contributed by atoms with Crippen molar-refractivity contribution in [2.75, 3.05) is 16.8 Å².